The maximum absolute atomic E-state index is 11.8. The number of carbonyl (C=O) groups is 2. The van der Waals surface area contributed by atoms with Crippen LogP contribution < -0.4 is 5.32 Å². The van der Waals surface area contributed by atoms with Crippen LogP contribution in [0.3, 0.4) is 0 Å². The molecule has 0 saturated carbocycles. The molecule has 5 nitrogen and oxygen atoms in total. The highest BCUT2D eigenvalue weighted by Crippen LogP contribution is 2.20. The Hall–Kier alpha value is -2.30. The fraction of sp³-hybridized carbons (Fsp3) is 0.375. The van der Waals surface area contributed by atoms with Gasteiger partial charge in [-0.2, -0.15) is 0 Å². The van der Waals surface area contributed by atoms with Gasteiger partial charge in [-0.15, -0.1) is 0 Å². The third-order valence-electron chi connectivity index (χ3n) is 3.57. The number of fused-ring (bicyclic) bond motifs is 1. The zero-order valence-corrected chi connectivity index (χ0v) is 12.3. The van der Waals surface area contributed by atoms with E-state index in [1.807, 2.05) is 25.3 Å². The van der Waals surface area contributed by atoms with Gasteiger partial charge in [-0.1, -0.05) is 18.6 Å². The number of carbonyl (C=O) groups excluding carboxylic acids is 1. The van der Waals surface area contributed by atoms with Crippen LogP contribution in [0.15, 0.2) is 24.4 Å². The van der Waals surface area contributed by atoms with E-state index >= 15 is 0 Å². The Balaban J connectivity index is 1.91. The lowest BCUT2D eigenvalue weighted by atomic mass is 10.1. The summed E-state index contributed by atoms with van der Waals surface area (Å²) in [7, 11) is 0. The highest BCUT2D eigenvalue weighted by Gasteiger charge is 2.12. The predicted molar refractivity (Wildman–Crippen MR) is 81.2 cm³/mol. The van der Waals surface area contributed by atoms with Gasteiger partial charge >= 0.3 is 5.97 Å². The summed E-state index contributed by atoms with van der Waals surface area (Å²) in [4.78, 5) is 25.6. The Labute approximate surface area is 123 Å². The van der Waals surface area contributed by atoms with E-state index in [-0.39, 0.29) is 12.5 Å². The number of carboxylic acids is 1. The van der Waals surface area contributed by atoms with Gasteiger partial charge in [0.25, 0.3) is 0 Å². The van der Waals surface area contributed by atoms with Crippen LogP contribution in [0.5, 0.6) is 0 Å². The first-order valence-electron chi connectivity index (χ1n) is 7.03. The van der Waals surface area contributed by atoms with Gasteiger partial charge in [0.05, 0.1) is 5.92 Å². The van der Waals surface area contributed by atoms with E-state index < -0.39 is 11.9 Å². The molecule has 112 valence electrons. The monoisotopic (exact) mass is 288 g/mol. The molecule has 0 fully saturated rings. The SMILES string of the molecule is Cc1ccc2[nH]cc(CCC(=O)NCC(C)C(=O)O)c2c1. The number of aromatic nitrogens is 1. The van der Waals surface area contributed by atoms with Crippen LogP contribution in [0.2, 0.25) is 0 Å². The number of carboxylic acid groups (broad SMARTS) is 1. The number of aryl methyl sites for hydroxylation is 2. The second-order valence-electron chi connectivity index (χ2n) is 5.41. The number of hydrogen-bond donors (Lipinski definition) is 3. The molecular formula is C16H20N2O3. The van der Waals surface area contributed by atoms with Crippen LogP contribution >= 0.6 is 0 Å². The standard InChI is InChI=1S/C16H20N2O3/c1-10-3-5-14-13(7-10)12(9-17-14)4-6-15(19)18-8-11(2)16(20)21/h3,5,7,9,11,17H,4,6,8H2,1-2H3,(H,18,19)(H,20,21). The molecule has 0 radical (unpaired) electrons. The van der Waals surface area contributed by atoms with Gasteiger partial charge in [-0.25, -0.2) is 0 Å². The lowest BCUT2D eigenvalue weighted by molar-refractivity contribution is -0.141. The summed E-state index contributed by atoms with van der Waals surface area (Å²) in [6.45, 7) is 3.78. The molecule has 0 bridgehead atoms. The topological polar surface area (TPSA) is 82.2 Å². The highest BCUT2D eigenvalue weighted by molar-refractivity contribution is 5.85. The van der Waals surface area contributed by atoms with Crippen LogP contribution in [0, 0.1) is 12.8 Å². The van der Waals surface area contributed by atoms with Crippen molar-refractivity contribution in [3.8, 4) is 0 Å². The van der Waals surface area contributed by atoms with Crippen molar-refractivity contribution in [2.45, 2.75) is 26.7 Å². The number of rotatable bonds is 6. The van der Waals surface area contributed by atoms with E-state index in [9.17, 15) is 9.59 Å². The quantitative estimate of drug-likeness (QED) is 0.762. The molecule has 1 aromatic carbocycles. The summed E-state index contributed by atoms with van der Waals surface area (Å²) >= 11 is 0. The van der Waals surface area contributed by atoms with Gasteiger partial charge in [-0.05, 0) is 31.0 Å². The molecule has 1 unspecified atom stereocenters. The summed E-state index contributed by atoms with van der Waals surface area (Å²) in [6, 6.07) is 6.18. The van der Waals surface area contributed by atoms with Gasteiger partial charge in [0.2, 0.25) is 5.91 Å². The lowest BCUT2D eigenvalue weighted by Crippen LogP contribution is -2.31. The van der Waals surface area contributed by atoms with E-state index in [0.717, 1.165) is 16.5 Å². The number of hydrogen-bond acceptors (Lipinski definition) is 2. The predicted octanol–water partition coefficient (Wildman–Crippen LogP) is 2.25. The molecule has 5 heteroatoms. The normalized spacial score (nSPS) is 12.3. The van der Waals surface area contributed by atoms with Crippen molar-refractivity contribution in [2.75, 3.05) is 6.54 Å². The minimum absolute atomic E-state index is 0.120. The van der Waals surface area contributed by atoms with E-state index in [2.05, 4.69) is 16.4 Å². The van der Waals surface area contributed by atoms with Crippen molar-refractivity contribution in [3.05, 3.63) is 35.5 Å². The van der Waals surface area contributed by atoms with Crippen LogP contribution in [-0.2, 0) is 16.0 Å². The van der Waals surface area contributed by atoms with Crippen LogP contribution in [0.25, 0.3) is 10.9 Å². The molecule has 2 rings (SSSR count). The van der Waals surface area contributed by atoms with Crippen molar-refractivity contribution in [1.29, 1.82) is 0 Å². The molecule has 1 atom stereocenters. The van der Waals surface area contributed by atoms with Crippen molar-refractivity contribution < 1.29 is 14.7 Å². The summed E-state index contributed by atoms with van der Waals surface area (Å²) in [6.07, 6.45) is 2.92. The maximum atomic E-state index is 11.8. The Bertz CT molecular complexity index is 661. The third-order valence-corrected chi connectivity index (χ3v) is 3.57. The van der Waals surface area contributed by atoms with Gasteiger partial charge in [0.1, 0.15) is 0 Å². The van der Waals surface area contributed by atoms with Crippen LogP contribution in [-0.4, -0.2) is 28.5 Å². The molecule has 0 aliphatic heterocycles. The minimum atomic E-state index is -0.901. The fourth-order valence-electron chi connectivity index (χ4n) is 2.19. The number of aromatic amines is 1. The molecular weight excluding hydrogens is 268 g/mol. The first-order valence-corrected chi connectivity index (χ1v) is 7.03. The van der Waals surface area contributed by atoms with Crippen LogP contribution in [0.1, 0.15) is 24.5 Å². The average Bonchev–Trinajstić information content (AvgIpc) is 2.84. The molecule has 1 amide bonds. The van der Waals surface area contributed by atoms with Crippen LogP contribution in [0.4, 0.5) is 0 Å². The zero-order valence-electron chi connectivity index (χ0n) is 12.3. The Morgan fingerprint density at radius 2 is 2.14 bits per heavy atom. The second kappa shape index (κ2) is 6.43. The first kappa shape index (κ1) is 15.1. The molecule has 0 spiro atoms. The Morgan fingerprint density at radius 3 is 2.86 bits per heavy atom. The molecule has 0 saturated heterocycles. The molecule has 1 aromatic heterocycles. The Kier molecular flexibility index (Phi) is 4.62. The average molecular weight is 288 g/mol. The fourth-order valence-corrected chi connectivity index (χ4v) is 2.19. The number of H-pyrrole nitrogens is 1. The maximum Gasteiger partial charge on any atom is 0.308 e. The molecule has 2 aromatic rings. The van der Waals surface area contributed by atoms with Crippen molar-refractivity contribution >= 4 is 22.8 Å². The van der Waals surface area contributed by atoms with E-state index in [1.165, 1.54) is 5.56 Å². The number of nitrogens with one attached hydrogen (secondary N) is 2. The van der Waals surface area contributed by atoms with E-state index in [0.29, 0.717) is 12.8 Å². The van der Waals surface area contributed by atoms with Gasteiger partial charge in [0, 0.05) is 30.1 Å². The van der Waals surface area contributed by atoms with Crippen molar-refractivity contribution in [2.24, 2.45) is 5.92 Å². The summed E-state index contributed by atoms with van der Waals surface area (Å²) in [5, 5.41) is 12.6. The first-order chi connectivity index (χ1) is 9.97. The summed E-state index contributed by atoms with van der Waals surface area (Å²) in [5.41, 5.74) is 3.36. The zero-order chi connectivity index (χ0) is 15.4. The molecule has 1 heterocycles. The molecule has 0 aliphatic carbocycles. The van der Waals surface area contributed by atoms with Gasteiger partial charge in [-0.3, -0.25) is 9.59 Å². The highest BCUT2D eigenvalue weighted by atomic mass is 16.4. The molecule has 3 N–H and O–H groups in total. The second-order valence-corrected chi connectivity index (χ2v) is 5.41. The smallest absolute Gasteiger partial charge is 0.308 e. The van der Waals surface area contributed by atoms with E-state index in [4.69, 9.17) is 5.11 Å². The number of benzene rings is 1. The Morgan fingerprint density at radius 1 is 1.38 bits per heavy atom. The number of aliphatic carboxylic acids is 1. The van der Waals surface area contributed by atoms with E-state index in [1.54, 1.807) is 6.92 Å². The van der Waals surface area contributed by atoms with Gasteiger partial charge in [0.15, 0.2) is 0 Å². The molecule has 0 aliphatic rings. The number of amides is 1. The van der Waals surface area contributed by atoms with Gasteiger partial charge < -0.3 is 15.4 Å². The third kappa shape index (κ3) is 3.84. The lowest BCUT2D eigenvalue weighted by Gasteiger charge is -2.08. The largest absolute Gasteiger partial charge is 0.481 e. The summed E-state index contributed by atoms with van der Waals surface area (Å²) in [5.74, 6) is -1.59. The minimum Gasteiger partial charge on any atom is -0.481 e. The summed E-state index contributed by atoms with van der Waals surface area (Å²) < 4.78 is 0. The van der Waals surface area contributed by atoms with Crippen molar-refractivity contribution in [1.82, 2.24) is 10.3 Å². The molecule has 21 heavy (non-hydrogen) atoms. The van der Waals surface area contributed by atoms with Crippen molar-refractivity contribution in [3.63, 3.8) is 0 Å².